The van der Waals surface area contributed by atoms with E-state index in [9.17, 15) is 9.59 Å². The Hall–Kier alpha value is -2.54. The molecule has 0 spiro atoms. The number of carbonyl (C=O) groups is 2. The van der Waals surface area contributed by atoms with Crippen LogP contribution in [0.3, 0.4) is 0 Å². The molecule has 7 nitrogen and oxygen atoms in total. The highest BCUT2D eigenvalue weighted by molar-refractivity contribution is 6.32. The second-order valence-electron chi connectivity index (χ2n) is 4.72. The second kappa shape index (κ2) is 7.15. The lowest BCUT2D eigenvalue weighted by Gasteiger charge is -2.13. The van der Waals surface area contributed by atoms with E-state index in [1.807, 2.05) is 0 Å². The Morgan fingerprint density at radius 2 is 2.09 bits per heavy atom. The summed E-state index contributed by atoms with van der Waals surface area (Å²) in [5.41, 5.74) is 1.00. The largest absolute Gasteiger partial charge is 0.495 e. The molecule has 0 bridgehead atoms. The van der Waals surface area contributed by atoms with Crippen LogP contribution in [0.15, 0.2) is 28.8 Å². The fraction of sp³-hybridized carbons (Fsp3) is 0.267. The Morgan fingerprint density at radius 1 is 1.35 bits per heavy atom. The van der Waals surface area contributed by atoms with Crippen LogP contribution in [0.1, 0.15) is 23.2 Å². The first-order chi connectivity index (χ1) is 10.9. The minimum atomic E-state index is -1.02. The number of hydrogen-bond donors (Lipinski definition) is 1. The van der Waals surface area contributed by atoms with E-state index in [0.717, 1.165) is 0 Å². The topological polar surface area (TPSA) is 90.7 Å². The Kier molecular flexibility index (Phi) is 5.23. The van der Waals surface area contributed by atoms with Crippen molar-refractivity contribution in [1.82, 2.24) is 5.16 Å². The summed E-state index contributed by atoms with van der Waals surface area (Å²) in [5.74, 6) is -0.837. The van der Waals surface area contributed by atoms with Crippen LogP contribution in [0.5, 0.6) is 5.75 Å². The first-order valence-corrected chi connectivity index (χ1v) is 7.07. The number of carbonyl (C=O) groups excluding carboxylic acids is 2. The average Bonchev–Trinajstić information content (AvgIpc) is 2.94. The molecule has 8 heteroatoms. The molecule has 0 radical (unpaired) electrons. The minimum absolute atomic E-state index is 0.0605. The SMILES string of the molecule is COc1ccc(NC(=O)[C@H](C)OC(=O)c2cc(C)no2)cc1Cl. The maximum Gasteiger partial charge on any atom is 0.377 e. The van der Waals surface area contributed by atoms with Gasteiger partial charge in [0.2, 0.25) is 5.76 Å². The fourth-order valence-corrected chi connectivity index (χ4v) is 1.98. The summed E-state index contributed by atoms with van der Waals surface area (Å²) in [6, 6.07) is 6.20. The maximum atomic E-state index is 12.0. The van der Waals surface area contributed by atoms with Gasteiger partial charge in [-0.15, -0.1) is 0 Å². The third-order valence-electron chi connectivity index (χ3n) is 2.90. The standard InChI is InChI=1S/C15H15ClN2O5/c1-8-6-13(23-18-8)15(20)22-9(2)14(19)17-10-4-5-12(21-3)11(16)7-10/h4-7,9H,1-3H3,(H,17,19)/t9-/m0/s1. The van der Waals surface area contributed by atoms with Crippen LogP contribution < -0.4 is 10.1 Å². The molecular weight excluding hydrogens is 324 g/mol. The van der Waals surface area contributed by atoms with Crippen LogP contribution >= 0.6 is 11.6 Å². The lowest BCUT2D eigenvalue weighted by molar-refractivity contribution is -0.123. The summed E-state index contributed by atoms with van der Waals surface area (Å²) < 4.78 is 14.8. The zero-order chi connectivity index (χ0) is 17.0. The molecule has 23 heavy (non-hydrogen) atoms. The molecule has 1 heterocycles. The van der Waals surface area contributed by atoms with Crippen LogP contribution in [-0.2, 0) is 9.53 Å². The van der Waals surface area contributed by atoms with Crippen molar-refractivity contribution in [2.45, 2.75) is 20.0 Å². The van der Waals surface area contributed by atoms with Gasteiger partial charge in [-0.25, -0.2) is 4.79 Å². The maximum absolute atomic E-state index is 12.0. The number of halogens is 1. The monoisotopic (exact) mass is 338 g/mol. The molecule has 1 atom stereocenters. The number of anilines is 1. The van der Waals surface area contributed by atoms with Gasteiger partial charge in [-0.2, -0.15) is 0 Å². The van der Waals surface area contributed by atoms with Gasteiger partial charge in [-0.05, 0) is 32.0 Å². The van der Waals surface area contributed by atoms with E-state index >= 15 is 0 Å². The van der Waals surface area contributed by atoms with Crippen molar-refractivity contribution in [2.75, 3.05) is 12.4 Å². The summed E-state index contributed by atoms with van der Waals surface area (Å²) >= 11 is 5.98. The molecule has 0 aliphatic heterocycles. The van der Waals surface area contributed by atoms with Crippen molar-refractivity contribution < 1.29 is 23.6 Å². The van der Waals surface area contributed by atoms with Crippen molar-refractivity contribution in [3.05, 3.63) is 40.7 Å². The molecule has 2 rings (SSSR count). The number of ether oxygens (including phenoxy) is 2. The molecule has 2 aromatic rings. The van der Waals surface area contributed by atoms with Crippen LogP contribution in [-0.4, -0.2) is 30.2 Å². The van der Waals surface area contributed by atoms with Gasteiger partial charge in [-0.3, -0.25) is 4.79 Å². The molecule has 122 valence electrons. The molecule has 0 aliphatic rings. The van der Waals surface area contributed by atoms with Crippen LogP contribution in [0.25, 0.3) is 0 Å². The van der Waals surface area contributed by atoms with Crippen LogP contribution in [0.4, 0.5) is 5.69 Å². The van der Waals surface area contributed by atoms with Crippen molar-refractivity contribution in [2.24, 2.45) is 0 Å². The number of nitrogens with zero attached hydrogens (tertiary/aromatic N) is 1. The number of rotatable bonds is 5. The number of benzene rings is 1. The molecule has 1 N–H and O–H groups in total. The smallest absolute Gasteiger partial charge is 0.377 e. The van der Waals surface area contributed by atoms with Crippen molar-refractivity contribution >= 4 is 29.2 Å². The third kappa shape index (κ3) is 4.23. The fourth-order valence-electron chi connectivity index (χ4n) is 1.72. The van der Waals surface area contributed by atoms with Gasteiger partial charge in [0.05, 0.1) is 17.8 Å². The van der Waals surface area contributed by atoms with E-state index in [2.05, 4.69) is 10.5 Å². The molecule has 1 aromatic heterocycles. The molecule has 0 fully saturated rings. The molecule has 1 aromatic carbocycles. The van der Waals surface area contributed by atoms with Gasteiger partial charge in [0, 0.05) is 11.8 Å². The van der Waals surface area contributed by atoms with E-state index in [1.165, 1.54) is 26.2 Å². The van der Waals surface area contributed by atoms with E-state index in [0.29, 0.717) is 22.2 Å². The highest BCUT2D eigenvalue weighted by Gasteiger charge is 2.22. The molecule has 0 unspecified atom stereocenters. The first kappa shape index (κ1) is 16.8. The third-order valence-corrected chi connectivity index (χ3v) is 3.20. The Labute approximate surface area is 137 Å². The number of esters is 1. The van der Waals surface area contributed by atoms with Gasteiger partial charge in [0.1, 0.15) is 5.75 Å². The van der Waals surface area contributed by atoms with Crippen LogP contribution in [0, 0.1) is 6.92 Å². The Bertz CT molecular complexity index is 728. The summed E-state index contributed by atoms with van der Waals surface area (Å²) in [7, 11) is 1.49. The van der Waals surface area contributed by atoms with Crippen molar-refractivity contribution in [1.29, 1.82) is 0 Å². The van der Waals surface area contributed by atoms with Gasteiger partial charge in [-0.1, -0.05) is 16.8 Å². The number of aromatic nitrogens is 1. The molecule has 0 saturated carbocycles. The average molecular weight is 339 g/mol. The quantitative estimate of drug-likeness (QED) is 0.843. The summed E-state index contributed by atoms with van der Waals surface area (Å²) in [6.07, 6.45) is -1.02. The van der Waals surface area contributed by atoms with E-state index in [4.69, 9.17) is 25.6 Å². The van der Waals surface area contributed by atoms with Gasteiger partial charge < -0.3 is 19.3 Å². The normalized spacial score (nSPS) is 11.7. The van der Waals surface area contributed by atoms with Crippen LogP contribution in [0.2, 0.25) is 5.02 Å². The van der Waals surface area contributed by atoms with E-state index < -0.39 is 18.0 Å². The minimum Gasteiger partial charge on any atom is -0.495 e. The number of hydrogen-bond acceptors (Lipinski definition) is 6. The first-order valence-electron chi connectivity index (χ1n) is 6.69. The lowest BCUT2D eigenvalue weighted by atomic mass is 10.2. The predicted molar refractivity (Wildman–Crippen MR) is 82.8 cm³/mol. The molecule has 1 amide bonds. The number of nitrogens with one attached hydrogen (secondary N) is 1. The Morgan fingerprint density at radius 3 is 2.65 bits per heavy atom. The zero-order valence-electron chi connectivity index (χ0n) is 12.8. The van der Waals surface area contributed by atoms with Crippen molar-refractivity contribution in [3.8, 4) is 5.75 Å². The molecule has 0 aliphatic carbocycles. The van der Waals surface area contributed by atoms with Gasteiger partial charge in [0.15, 0.2) is 6.10 Å². The zero-order valence-corrected chi connectivity index (χ0v) is 13.5. The lowest BCUT2D eigenvalue weighted by Crippen LogP contribution is -2.29. The van der Waals surface area contributed by atoms with Crippen molar-refractivity contribution in [3.63, 3.8) is 0 Å². The van der Waals surface area contributed by atoms with Gasteiger partial charge in [0.25, 0.3) is 5.91 Å². The highest BCUT2D eigenvalue weighted by atomic mass is 35.5. The molecular formula is C15H15ClN2O5. The summed E-state index contributed by atoms with van der Waals surface area (Å²) in [4.78, 5) is 23.8. The highest BCUT2D eigenvalue weighted by Crippen LogP contribution is 2.27. The van der Waals surface area contributed by atoms with E-state index in [1.54, 1.807) is 19.1 Å². The van der Waals surface area contributed by atoms with E-state index in [-0.39, 0.29) is 5.76 Å². The number of methoxy groups -OCH3 is 1. The Balaban J connectivity index is 1.97. The summed E-state index contributed by atoms with van der Waals surface area (Å²) in [5, 5.41) is 6.53. The second-order valence-corrected chi connectivity index (χ2v) is 5.13. The number of amides is 1. The van der Waals surface area contributed by atoms with Gasteiger partial charge >= 0.3 is 5.97 Å². The predicted octanol–water partition coefficient (Wildman–Crippen LogP) is 2.83. The number of aryl methyl sites for hydroxylation is 1. The summed E-state index contributed by atoms with van der Waals surface area (Å²) in [6.45, 7) is 3.12. The molecule has 0 saturated heterocycles.